The molecule has 180 valence electrons. The van der Waals surface area contributed by atoms with E-state index in [0.717, 1.165) is 43.3 Å². The molecule has 2 atom stereocenters. The van der Waals surface area contributed by atoms with Gasteiger partial charge in [0.15, 0.2) is 5.82 Å². The van der Waals surface area contributed by atoms with Crippen molar-refractivity contribution in [3.63, 3.8) is 0 Å². The maximum Gasteiger partial charge on any atom is 0.229 e. The number of nitrogens with one attached hydrogen (secondary N) is 2. The summed E-state index contributed by atoms with van der Waals surface area (Å²) in [5.41, 5.74) is 0.861. The Labute approximate surface area is 196 Å². The fourth-order valence-corrected chi connectivity index (χ4v) is 5.49. The summed E-state index contributed by atoms with van der Waals surface area (Å²) in [7, 11) is 0.538. The maximum absolute atomic E-state index is 12.6. The van der Waals surface area contributed by atoms with Crippen LogP contribution in [0, 0.1) is 0 Å². The van der Waals surface area contributed by atoms with Crippen LogP contribution in [0.3, 0.4) is 0 Å². The zero-order chi connectivity index (χ0) is 23.5. The third kappa shape index (κ3) is 5.34. The van der Waals surface area contributed by atoms with E-state index >= 15 is 0 Å². The van der Waals surface area contributed by atoms with Crippen molar-refractivity contribution in [2.24, 2.45) is 0 Å². The van der Waals surface area contributed by atoms with Gasteiger partial charge in [-0.3, -0.25) is 9.00 Å². The van der Waals surface area contributed by atoms with E-state index in [-0.39, 0.29) is 23.8 Å². The normalized spacial score (nSPS) is 19.5. The van der Waals surface area contributed by atoms with Crippen molar-refractivity contribution in [3.05, 3.63) is 17.4 Å². The Hall–Kier alpha value is -2.56. The summed E-state index contributed by atoms with van der Waals surface area (Å²) in [6.45, 7) is 7.70. The average molecular weight is 476 g/mol. The summed E-state index contributed by atoms with van der Waals surface area (Å²) in [5.74, 6) is 3.84. The first kappa shape index (κ1) is 23.6. The zero-order valence-corrected chi connectivity index (χ0v) is 20.6. The highest BCUT2D eigenvalue weighted by Gasteiger charge is 2.31. The lowest BCUT2D eigenvalue weighted by molar-refractivity contribution is -0.120. The molecule has 1 fully saturated rings. The Bertz CT molecular complexity index is 1020. The van der Waals surface area contributed by atoms with E-state index in [4.69, 9.17) is 14.5 Å². The summed E-state index contributed by atoms with van der Waals surface area (Å²) in [6, 6.07) is 0.0187. The van der Waals surface area contributed by atoms with Crippen LogP contribution in [0.4, 0.5) is 11.8 Å². The summed E-state index contributed by atoms with van der Waals surface area (Å²) in [4.78, 5) is 28.6. The Kier molecular flexibility index (Phi) is 7.26. The minimum absolute atomic E-state index is 0.00506. The highest BCUT2D eigenvalue weighted by Crippen LogP contribution is 2.33. The summed E-state index contributed by atoms with van der Waals surface area (Å²) < 4.78 is 18.1. The van der Waals surface area contributed by atoms with Gasteiger partial charge in [-0.15, -0.1) is 0 Å². The SMILES string of the molecule is CNC(=O)CC[C@@H](C)Nc1nc(N2CCC(c3nc(C(C)C)no3)CC2)nc2c1S(=O)CC2. The number of hydrogen-bond acceptors (Lipinski definition) is 9. The lowest BCUT2D eigenvalue weighted by Crippen LogP contribution is -2.35. The molecule has 33 heavy (non-hydrogen) atoms. The largest absolute Gasteiger partial charge is 0.366 e. The minimum atomic E-state index is -1.10. The quantitative estimate of drug-likeness (QED) is 0.591. The molecule has 2 aromatic heterocycles. The van der Waals surface area contributed by atoms with Crippen LogP contribution in [-0.2, 0) is 22.0 Å². The maximum atomic E-state index is 12.6. The van der Waals surface area contributed by atoms with Crippen molar-refractivity contribution in [1.82, 2.24) is 25.4 Å². The van der Waals surface area contributed by atoms with Gasteiger partial charge in [0.2, 0.25) is 17.7 Å². The van der Waals surface area contributed by atoms with Crippen molar-refractivity contribution in [1.29, 1.82) is 0 Å². The number of hydrogen-bond donors (Lipinski definition) is 2. The first-order chi connectivity index (χ1) is 15.9. The van der Waals surface area contributed by atoms with Crippen LogP contribution in [-0.4, -0.2) is 62.2 Å². The molecule has 4 heterocycles. The molecule has 2 aliphatic rings. The Morgan fingerprint density at radius 1 is 1.21 bits per heavy atom. The number of carbonyl (C=O) groups is 1. The Balaban J connectivity index is 1.46. The molecule has 2 aliphatic heterocycles. The van der Waals surface area contributed by atoms with Crippen molar-refractivity contribution in [2.75, 3.05) is 36.1 Å². The molecule has 10 nitrogen and oxygen atoms in total. The van der Waals surface area contributed by atoms with E-state index in [1.165, 1.54) is 0 Å². The van der Waals surface area contributed by atoms with E-state index in [1.807, 2.05) is 6.92 Å². The fourth-order valence-electron chi connectivity index (χ4n) is 4.18. The lowest BCUT2D eigenvalue weighted by atomic mass is 9.97. The number of aromatic nitrogens is 4. The molecule has 0 radical (unpaired) electrons. The number of carbonyl (C=O) groups excluding carboxylic acids is 1. The molecule has 0 spiro atoms. The van der Waals surface area contributed by atoms with E-state index in [9.17, 15) is 9.00 Å². The van der Waals surface area contributed by atoms with E-state index in [0.29, 0.717) is 41.7 Å². The molecule has 1 amide bonds. The van der Waals surface area contributed by atoms with Gasteiger partial charge >= 0.3 is 0 Å². The lowest BCUT2D eigenvalue weighted by Gasteiger charge is -2.31. The van der Waals surface area contributed by atoms with Crippen LogP contribution in [0.25, 0.3) is 0 Å². The van der Waals surface area contributed by atoms with Gasteiger partial charge in [-0.05, 0) is 26.2 Å². The molecule has 0 bridgehead atoms. The van der Waals surface area contributed by atoms with Gasteiger partial charge in [-0.2, -0.15) is 9.97 Å². The van der Waals surface area contributed by atoms with E-state index in [2.05, 4.69) is 39.5 Å². The van der Waals surface area contributed by atoms with Gasteiger partial charge in [0.1, 0.15) is 10.7 Å². The fraction of sp³-hybridized carbons (Fsp3) is 0.682. The number of anilines is 2. The topological polar surface area (TPSA) is 126 Å². The Morgan fingerprint density at radius 3 is 2.64 bits per heavy atom. The standard InChI is InChI=1S/C22H33N7O3S/c1-13(2)19-26-21(32-28-19)15-7-10-29(11-8-15)22-25-16-9-12-33(31)18(16)20(27-22)24-14(3)5-6-17(30)23-4/h13-15H,5-12H2,1-4H3,(H,23,30)(H,24,25,27)/t14-,33?/m1/s1. The van der Waals surface area contributed by atoms with Gasteiger partial charge in [0, 0.05) is 56.6 Å². The van der Waals surface area contributed by atoms with Gasteiger partial charge in [-0.1, -0.05) is 19.0 Å². The van der Waals surface area contributed by atoms with Crippen molar-refractivity contribution < 1.29 is 13.5 Å². The number of piperidine rings is 1. The van der Waals surface area contributed by atoms with Crippen LogP contribution in [0.1, 0.15) is 75.7 Å². The monoisotopic (exact) mass is 475 g/mol. The van der Waals surface area contributed by atoms with Gasteiger partial charge in [0.05, 0.1) is 16.5 Å². The summed E-state index contributed by atoms with van der Waals surface area (Å²) in [6.07, 6.45) is 3.55. The predicted molar refractivity (Wildman–Crippen MR) is 126 cm³/mol. The number of aryl methyl sites for hydroxylation is 1. The molecule has 2 N–H and O–H groups in total. The van der Waals surface area contributed by atoms with Gasteiger partial charge in [0.25, 0.3) is 0 Å². The molecule has 1 saturated heterocycles. The third-order valence-electron chi connectivity index (χ3n) is 6.24. The molecule has 0 aliphatic carbocycles. The number of amides is 1. The van der Waals surface area contributed by atoms with Crippen LogP contribution < -0.4 is 15.5 Å². The van der Waals surface area contributed by atoms with Crippen molar-refractivity contribution in [2.45, 2.75) is 75.6 Å². The minimum Gasteiger partial charge on any atom is -0.366 e. The molecule has 1 unspecified atom stereocenters. The van der Waals surface area contributed by atoms with Gasteiger partial charge < -0.3 is 20.1 Å². The van der Waals surface area contributed by atoms with Crippen LogP contribution in [0.2, 0.25) is 0 Å². The van der Waals surface area contributed by atoms with Gasteiger partial charge in [-0.25, -0.2) is 4.98 Å². The highest BCUT2D eigenvalue weighted by atomic mass is 32.2. The number of nitrogens with zero attached hydrogens (tertiary/aromatic N) is 5. The van der Waals surface area contributed by atoms with E-state index < -0.39 is 10.8 Å². The van der Waals surface area contributed by atoms with Crippen LogP contribution in [0.15, 0.2) is 9.42 Å². The zero-order valence-electron chi connectivity index (χ0n) is 19.8. The molecular weight excluding hydrogens is 442 g/mol. The van der Waals surface area contributed by atoms with Crippen LogP contribution in [0.5, 0.6) is 0 Å². The first-order valence-corrected chi connectivity index (χ1v) is 13.0. The second-order valence-corrected chi connectivity index (χ2v) is 10.6. The Morgan fingerprint density at radius 2 is 1.97 bits per heavy atom. The second kappa shape index (κ2) is 10.1. The average Bonchev–Trinajstić information content (AvgIpc) is 3.45. The predicted octanol–water partition coefficient (Wildman–Crippen LogP) is 2.36. The number of rotatable bonds is 8. The first-order valence-electron chi connectivity index (χ1n) is 11.7. The molecule has 2 aromatic rings. The smallest absolute Gasteiger partial charge is 0.229 e. The second-order valence-electron chi connectivity index (χ2n) is 9.11. The van der Waals surface area contributed by atoms with Crippen molar-refractivity contribution in [3.8, 4) is 0 Å². The summed E-state index contributed by atoms with van der Waals surface area (Å²) in [5, 5.41) is 10.1. The van der Waals surface area contributed by atoms with E-state index in [1.54, 1.807) is 7.05 Å². The third-order valence-corrected chi connectivity index (χ3v) is 7.70. The molecular formula is C22H33N7O3S. The number of fused-ring (bicyclic) bond motifs is 1. The molecule has 0 saturated carbocycles. The highest BCUT2D eigenvalue weighted by molar-refractivity contribution is 7.85. The van der Waals surface area contributed by atoms with Crippen molar-refractivity contribution >= 4 is 28.5 Å². The molecule has 11 heteroatoms. The summed E-state index contributed by atoms with van der Waals surface area (Å²) >= 11 is 0. The van der Waals surface area contributed by atoms with Crippen LogP contribution >= 0.6 is 0 Å². The molecule has 0 aromatic carbocycles. The molecule has 4 rings (SSSR count).